The molecule has 0 aliphatic rings. The smallest absolute Gasteiger partial charge is 0.210 e. The van der Waals surface area contributed by atoms with Gasteiger partial charge in [0, 0.05) is 22.7 Å². The maximum Gasteiger partial charge on any atom is 0.210 e. The fraction of sp³-hybridized carbons (Fsp3) is 0.136. The number of methoxy groups -OCH3 is 1. The van der Waals surface area contributed by atoms with E-state index in [1.165, 1.54) is 34.4 Å². The summed E-state index contributed by atoms with van der Waals surface area (Å²) in [4.78, 5) is 17.2. The van der Waals surface area contributed by atoms with Crippen molar-refractivity contribution in [3.63, 3.8) is 0 Å². The lowest BCUT2D eigenvalue weighted by Crippen LogP contribution is -2.13. The normalized spacial score (nSPS) is 11.5. The number of hydrogen-bond acceptors (Lipinski definition) is 10. The predicted octanol–water partition coefficient (Wildman–Crippen LogP) is 5.38. The third-order valence-corrected chi connectivity index (χ3v) is 7.26. The van der Waals surface area contributed by atoms with Gasteiger partial charge in [-0.3, -0.25) is 4.79 Å². The molecule has 0 amide bonds. The Balaban J connectivity index is 1.37. The molecule has 7 nitrogen and oxygen atoms in total. The number of nitrogens with one attached hydrogen (secondary N) is 1. The highest BCUT2D eigenvalue weighted by atomic mass is 32.2. The van der Waals surface area contributed by atoms with Crippen molar-refractivity contribution in [1.82, 2.24) is 15.2 Å². The molecule has 2 aromatic carbocycles. The molecule has 0 bridgehead atoms. The molecule has 1 unspecified atom stereocenters. The number of ketones is 1. The number of benzene rings is 2. The Morgan fingerprint density at radius 3 is 2.84 bits per heavy atom. The van der Waals surface area contributed by atoms with Gasteiger partial charge >= 0.3 is 0 Å². The number of ether oxygens (including phenoxy) is 1. The summed E-state index contributed by atoms with van der Waals surface area (Å²) in [5.74, 6) is -0.247. The highest BCUT2D eigenvalue weighted by Crippen LogP contribution is 2.31. The van der Waals surface area contributed by atoms with E-state index in [1.54, 1.807) is 7.11 Å². The molecule has 32 heavy (non-hydrogen) atoms. The van der Waals surface area contributed by atoms with Crippen LogP contribution in [-0.2, 0) is 4.79 Å². The van der Waals surface area contributed by atoms with Crippen molar-refractivity contribution in [2.75, 3.05) is 18.2 Å². The van der Waals surface area contributed by atoms with E-state index in [-0.39, 0.29) is 11.5 Å². The molecule has 0 fully saturated rings. The van der Waals surface area contributed by atoms with Gasteiger partial charge in [0.1, 0.15) is 10.8 Å². The van der Waals surface area contributed by atoms with Gasteiger partial charge in [0.2, 0.25) is 5.13 Å². The van der Waals surface area contributed by atoms with E-state index in [1.807, 2.05) is 60.0 Å². The first-order valence-electron chi connectivity index (χ1n) is 9.47. The Hall–Kier alpha value is -3.26. The SMILES string of the molecule is COc1cccc(Nc2nnc(SCC(=O)C(C#N)c3nc(-c4ccccc4)cs3)s2)c1. The molecule has 160 valence electrons. The number of Topliss-reactive ketones (excluding diaryl/α,β-unsaturated/α-hetero) is 1. The lowest BCUT2D eigenvalue weighted by Gasteiger charge is -2.04. The summed E-state index contributed by atoms with van der Waals surface area (Å²) in [6, 6.07) is 19.3. The van der Waals surface area contributed by atoms with Crippen LogP contribution in [0, 0.1) is 11.3 Å². The van der Waals surface area contributed by atoms with Crippen LogP contribution in [0.3, 0.4) is 0 Å². The van der Waals surface area contributed by atoms with Crippen molar-refractivity contribution >= 4 is 51.0 Å². The molecule has 10 heteroatoms. The third-order valence-electron chi connectivity index (χ3n) is 4.35. The van der Waals surface area contributed by atoms with Gasteiger partial charge in [0.15, 0.2) is 16.0 Å². The fourth-order valence-corrected chi connectivity index (χ4v) is 5.36. The number of rotatable bonds is 9. The average molecular weight is 480 g/mol. The second-order valence-corrected chi connectivity index (χ2v) is 9.57. The molecular weight excluding hydrogens is 462 g/mol. The average Bonchev–Trinajstić information content (AvgIpc) is 3.49. The minimum atomic E-state index is -0.896. The molecule has 1 N–H and O–H groups in total. The first-order valence-corrected chi connectivity index (χ1v) is 12.1. The Kier molecular flexibility index (Phi) is 7.11. The topological polar surface area (TPSA) is 101 Å². The van der Waals surface area contributed by atoms with Crippen molar-refractivity contribution in [2.24, 2.45) is 0 Å². The first-order chi connectivity index (χ1) is 15.7. The molecule has 2 aromatic heterocycles. The van der Waals surface area contributed by atoms with Gasteiger partial charge in [-0.25, -0.2) is 4.98 Å². The molecule has 4 rings (SSSR count). The van der Waals surface area contributed by atoms with Crippen LogP contribution in [0.4, 0.5) is 10.8 Å². The maximum absolute atomic E-state index is 12.7. The number of nitrogens with zero attached hydrogens (tertiary/aromatic N) is 4. The van der Waals surface area contributed by atoms with E-state index in [0.29, 0.717) is 14.5 Å². The minimum absolute atomic E-state index is 0.117. The first kappa shape index (κ1) is 22.0. The molecule has 0 aliphatic carbocycles. The van der Waals surface area contributed by atoms with Gasteiger partial charge in [-0.05, 0) is 12.1 Å². The van der Waals surface area contributed by atoms with Gasteiger partial charge in [0.25, 0.3) is 0 Å². The van der Waals surface area contributed by atoms with Crippen LogP contribution in [0.1, 0.15) is 10.9 Å². The Morgan fingerprint density at radius 1 is 1.22 bits per heavy atom. The summed E-state index contributed by atoms with van der Waals surface area (Å²) >= 11 is 3.93. The zero-order chi connectivity index (χ0) is 22.3. The second-order valence-electron chi connectivity index (χ2n) is 6.48. The highest BCUT2D eigenvalue weighted by molar-refractivity contribution is 8.01. The highest BCUT2D eigenvalue weighted by Gasteiger charge is 2.24. The summed E-state index contributed by atoms with van der Waals surface area (Å²) in [6.07, 6.45) is 0. The molecule has 4 aromatic rings. The van der Waals surface area contributed by atoms with E-state index >= 15 is 0 Å². The maximum atomic E-state index is 12.7. The number of hydrogen-bond donors (Lipinski definition) is 1. The number of thiazole rings is 1. The Morgan fingerprint density at radius 2 is 2.06 bits per heavy atom. The van der Waals surface area contributed by atoms with Crippen LogP contribution in [-0.4, -0.2) is 33.8 Å². The lowest BCUT2D eigenvalue weighted by molar-refractivity contribution is -0.116. The zero-order valence-electron chi connectivity index (χ0n) is 16.9. The zero-order valence-corrected chi connectivity index (χ0v) is 19.3. The van der Waals surface area contributed by atoms with Gasteiger partial charge in [-0.2, -0.15) is 5.26 Å². The van der Waals surface area contributed by atoms with Gasteiger partial charge < -0.3 is 10.1 Å². The van der Waals surface area contributed by atoms with E-state index in [2.05, 4.69) is 26.6 Å². The van der Waals surface area contributed by atoms with Crippen LogP contribution >= 0.6 is 34.4 Å². The quantitative estimate of drug-likeness (QED) is 0.319. The second kappa shape index (κ2) is 10.4. The lowest BCUT2D eigenvalue weighted by atomic mass is 10.1. The number of thioether (sulfide) groups is 1. The molecule has 0 saturated carbocycles. The molecule has 1 atom stereocenters. The molecule has 0 saturated heterocycles. The van der Waals surface area contributed by atoms with Gasteiger partial charge in [-0.1, -0.05) is 59.5 Å². The van der Waals surface area contributed by atoms with Crippen molar-refractivity contribution in [3.8, 4) is 23.1 Å². The van der Waals surface area contributed by atoms with E-state index in [9.17, 15) is 10.1 Å². The number of carbonyl (C=O) groups excluding carboxylic acids is 1. The molecule has 0 radical (unpaired) electrons. The molecule has 0 spiro atoms. The number of carbonyl (C=O) groups is 1. The largest absolute Gasteiger partial charge is 0.497 e. The Labute approximate surface area is 197 Å². The summed E-state index contributed by atoms with van der Waals surface area (Å²) in [7, 11) is 1.61. The number of anilines is 2. The minimum Gasteiger partial charge on any atom is -0.497 e. The van der Waals surface area contributed by atoms with E-state index < -0.39 is 5.92 Å². The van der Waals surface area contributed by atoms with Crippen molar-refractivity contribution in [2.45, 2.75) is 10.3 Å². The van der Waals surface area contributed by atoms with E-state index in [0.717, 1.165) is 22.7 Å². The van der Waals surface area contributed by atoms with Gasteiger partial charge in [0.05, 0.1) is 24.6 Å². The van der Waals surface area contributed by atoms with Crippen LogP contribution in [0.25, 0.3) is 11.3 Å². The van der Waals surface area contributed by atoms with E-state index in [4.69, 9.17) is 4.74 Å². The standard InChI is InChI=1S/C22H17N5O2S3/c1-29-16-9-5-8-15(10-16)24-21-26-27-22(32-21)31-13-19(28)17(11-23)20-25-18(12-30-20)14-6-3-2-4-7-14/h2-10,12,17H,13H2,1H3,(H,24,26). The summed E-state index contributed by atoms with van der Waals surface area (Å²) in [6.45, 7) is 0. The number of aromatic nitrogens is 3. The van der Waals surface area contributed by atoms with Crippen molar-refractivity contribution < 1.29 is 9.53 Å². The number of nitriles is 1. The summed E-state index contributed by atoms with van der Waals surface area (Å²) in [5.41, 5.74) is 2.55. The molecule has 0 aliphatic heterocycles. The monoisotopic (exact) mass is 479 g/mol. The summed E-state index contributed by atoms with van der Waals surface area (Å²) in [5, 5.41) is 24.0. The van der Waals surface area contributed by atoms with Crippen LogP contribution in [0.15, 0.2) is 64.3 Å². The fourth-order valence-electron chi connectivity index (χ4n) is 2.79. The Bertz CT molecular complexity index is 1250. The van der Waals surface area contributed by atoms with Crippen LogP contribution < -0.4 is 10.1 Å². The predicted molar refractivity (Wildman–Crippen MR) is 128 cm³/mol. The summed E-state index contributed by atoms with van der Waals surface area (Å²) < 4.78 is 5.86. The van der Waals surface area contributed by atoms with Crippen LogP contribution in [0.2, 0.25) is 0 Å². The van der Waals surface area contributed by atoms with Crippen LogP contribution in [0.5, 0.6) is 5.75 Å². The van der Waals surface area contributed by atoms with Crippen molar-refractivity contribution in [3.05, 3.63) is 65.0 Å². The van der Waals surface area contributed by atoms with Gasteiger partial charge in [-0.15, -0.1) is 21.5 Å². The molecule has 2 heterocycles. The third kappa shape index (κ3) is 5.31. The molecular formula is C22H17N5O2S3. The van der Waals surface area contributed by atoms with Crippen molar-refractivity contribution in [1.29, 1.82) is 5.26 Å².